The van der Waals surface area contributed by atoms with Crippen LogP contribution in [0, 0.1) is 13.8 Å². The Kier molecular flexibility index (Phi) is 3.76. The number of hydrogen-bond acceptors (Lipinski definition) is 4. The smallest absolute Gasteiger partial charge is 0.146 e. The van der Waals surface area contributed by atoms with E-state index in [1.54, 1.807) is 0 Å². The number of aryl methyl sites for hydroxylation is 2. The van der Waals surface area contributed by atoms with Gasteiger partial charge in [-0.05, 0) is 46.3 Å². The highest BCUT2D eigenvalue weighted by Gasteiger charge is 2.24. The van der Waals surface area contributed by atoms with Crippen molar-refractivity contribution in [1.29, 1.82) is 0 Å². The van der Waals surface area contributed by atoms with Crippen molar-refractivity contribution in [2.75, 3.05) is 13.6 Å². The Bertz CT molecular complexity index is 646. The Morgan fingerprint density at radius 2 is 1.95 bits per heavy atom. The molecule has 0 spiro atoms. The minimum absolute atomic E-state index is 0.340. The molecule has 3 rings (SSSR count). The number of imidazole rings is 1. The van der Waals surface area contributed by atoms with Crippen molar-refractivity contribution in [2.24, 2.45) is 7.05 Å². The Morgan fingerprint density at radius 3 is 2.62 bits per heavy atom. The normalized spacial score (nSPS) is 19.9. The Labute approximate surface area is 126 Å². The summed E-state index contributed by atoms with van der Waals surface area (Å²) in [5, 5.41) is 0. The molecule has 0 saturated carbocycles. The molecule has 2 aromatic heterocycles. The molecule has 0 radical (unpaired) electrons. The van der Waals surface area contributed by atoms with Crippen LogP contribution < -0.4 is 0 Å². The summed E-state index contributed by atoms with van der Waals surface area (Å²) in [4.78, 5) is 16.3. The average molecular weight is 285 g/mol. The summed E-state index contributed by atoms with van der Waals surface area (Å²) in [6.45, 7) is 5.18. The van der Waals surface area contributed by atoms with E-state index < -0.39 is 0 Å². The predicted molar refractivity (Wildman–Crippen MR) is 82.9 cm³/mol. The fourth-order valence-corrected chi connectivity index (χ4v) is 3.01. The van der Waals surface area contributed by atoms with Crippen molar-refractivity contribution in [2.45, 2.75) is 39.2 Å². The highest BCUT2D eigenvalue weighted by atomic mass is 15.2. The van der Waals surface area contributed by atoms with Crippen LogP contribution >= 0.6 is 0 Å². The standard InChI is InChI=1S/C16H23N5/c1-11-9-13(15-10-17-12(2)21(15)4)19-16(18-11)14-7-5-6-8-20(14)3/h9-10,14H,5-8H2,1-4H3/t14-/m0/s1. The molecule has 0 aliphatic carbocycles. The molecule has 3 heterocycles. The number of aromatic nitrogens is 4. The number of likely N-dealkylation sites (tertiary alicyclic amines) is 1. The highest BCUT2D eigenvalue weighted by molar-refractivity contribution is 5.54. The van der Waals surface area contributed by atoms with Gasteiger partial charge >= 0.3 is 0 Å². The van der Waals surface area contributed by atoms with Gasteiger partial charge in [-0.2, -0.15) is 0 Å². The van der Waals surface area contributed by atoms with E-state index in [0.717, 1.165) is 41.7 Å². The van der Waals surface area contributed by atoms with Crippen LogP contribution in [0.2, 0.25) is 0 Å². The second kappa shape index (κ2) is 5.56. The summed E-state index contributed by atoms with van der Waals surface area (Å²) < 4.78 is 2.08. The lowest BCUT2D eigenvalue weighted by atomic mass is 10.0. The van der Waals surface area contributed by atoms with Gasteiger partial charge in [-0.15, -0.1) is 0 Å². The molecule has 1 aliphatic rings. The molecule has 0 unspecified atom stereocenters. The van der Waals surface area contributed by atoms with Crippen molar-refractivity contribution >= 4 is 0 Å². The maximum Gasteiger partial charge on any atom is 0.146 e. The first-order valence-corrected chi connectivity index (χ1v) is 7.61. The Hall–Kier alpha value is -1.75. The van der Waals surface area contributed by atoms with E-state index in [1.165, 1.54) is 12.8 Å². The fourth-order valence-electron chi connectivity index (χ4n) is 3.01. The molecule has 0 bridgehead atoms. The van der Waals surface area contributed by atoms with E-state index in [-0.39, 0.29) is 0 Å². The summed E-state index contributed by atoms with van der Waals surface area (Å²) in [7, 11) is 4.20. The SMILES string of the molecule is Cc1cc(-c2cnc(C)n2C)nc([C@@H]2CCCCN2C)n1. The average Bonchev–Trinajstić information content (AvgIpc) is 2.79. The first-order chi connectivity index (χ1) is 10.1. The Balaban J connectivity index is 2.02. The summed E-state index contributed by atoms with van der Waals surface area (Å²) >= 11 is 0. The molecule has 5 heteroatoms. The quantitative estimate of drug-likeness (QED) is 0.851. The second-order valence-corrected chi connectivity index (χ2v) is 5.99. The zero-order valence-corrected chi connectivity index (χ0v) is 13.3. The lowest BCUT2D eigenvalue weighted by molar-refractivity contribution is 0.179. The van der Waals surface area contributed by atoms with E-state index in [4.69, 9.17) is 4.98 Å². The second-order valence-electron chi connectivity index (χ2n) is 5.99. The molecule has 112 valence electrons. The lowest BCUT2D eigenvalue weighted by Crippen LogP contribution is -2.31. The molecule has 21 heavy (non-hydrogen) atoms. The first kappa shape index (κ1) is 14.2. The number of nitrogens with zero attached hydrogens (tertiary/aromatic N) is 5. The molecule has 0 aromatic carbocycles. The molecule has 0 amide bonds. The van der Waals surface area contributed by atoms with Gasteiger partial charge in [-0.1, -0.05) is 6.42 Å². The highest BCUT2D eigenvalue weighted by Crippen LogP contribution is 2.29. The number of rotatable bonds is 2. The lowest BCUT2D eigenvalue weighted by Gasteiger charge is -2.31. The van der Waals surface area contributed by atoms with Crippen molar-refractivity contribution in [3.63, 3.8) is 0 Å². The summed E-state index contributed by atoms with van der Waals surface area (Å²) in [5.41, 5.74) is 3.05. The topological polar surface area (TPSA) is 46.8 Å². The van der Waals surface area contributed by atoms with Crippen LogP contribution in [-0.4, -0.2) is 38.0 Å². The molecule has 0 N–H and O–H groups in total. The van der Waals surface area contributed by atoms with Gasteiger partial charge in [-0.25, -0.2) is 15.0 Å². The van der Waals surface area contributed by atoms with Crippen molar-refractivity contribution in [3.8, 4) is 11.4 Å². The van der Waals surface area contributed by atoms with Crippen LogP contribution in [0.1, 0.15) is 42.6 Å². The summed E-state index contributed by atoms with van der Waals surface area (Å²) in [5.74, 6) is 1.95. The third-order valence-electron chi connectivity index (χ3n) is 4.42. The van der Waals surface area contributed by atoms with Gasteiger partial charge in [0, 0.05) is 12.7 Å². The van der Waals surface area contributed by atoms with Crippen LogP contribution in [0.5, 0.6) is 0 Å². The first-order valence-electron chi connectivity index (χ1n) is 7.61. The van der Waals surface area contributed by atoms with Crippen molar-refractivity contribution in [3.05, 3.63) is 29.6 Å². The largest absolute Gasteiger partial charge is 0.330 e. The van der Waals surface area contributed by atoms with Crippen LogP contribution in [0.3, 0.4) is 0 Å². The Morgan fingerprint density at radius 1 is 1.14 bits per heavy atom. The van der Waals surface area contributed by atoms with Gasteiger partial charge in [0.25, 0.3) is 0 Å². The molecule has 1 aliphatic heterocycles. The van der Waals surface area contributed by atoms with Crippen molar-refractivity contribution in [1.82, 2.24) is 24.4 Å². The van der Waals surface area contributed by atoms with E-state index in [2.05, 4.69) is 26.5 Å². The van der Waals surface area contributed by atoms with Crippen LogP contribution in [0.25, 0.3) is 11.4 Å². The predicted octanol–water partition coefficient (Wildman–Crippen LogP) is 2.65. The maximum absolute atomic E-state index is 4.84. The summed E-state index contributed by atoms with van der Waals surface area (Å²) in [6.07, 6.45) is 5.56. The third kappa shape index (κ3) is 2.70. The van der Waals surface area contributed by atoms with Crippen molar-refractivity contribution < 1.29 is 0 Å². The fraction of sp³-hybridized carbons (Fsp3) is 0.562. The van der Waals surface area contributed by atoms with E-state index in [9.17, 15) is 0 Å². The van der Waals surface area contributed by atoms with E-state index in [1.807, 2.05) is 33.2 Å². The number of hydrogen-bond donors (Lipinski definition) is 0. The molecule has 5 nitrogen and oxygen atoms in total. The zero-order chi connectivity index (χ0) is 15.0. The zero-order valence-electron chi connectivity index (χ0n) is 13.3. The van der Waals surface area contributed by atoms with Gasteiger partial charge < -0.3 is 4.57 Å². The van der Waals surface area contributed by atoms with Gasteiger partial charge in [0.2, 0.25) is 0 Å². The molecular weight excluding hydrogens is 262 g/mol. The minimum Gasteiger partial charge on any atom is -0.330 e. The van der Waals surface area contributed by atoms with Gasteiger partial charge in [0.05, 0.1) is 23.6 Å². The number of piperidine rings is 1. The van der Waals surface area contributed by atoms with E-state index >= 15 is 0 Å². The molecule has 1 saturated heterocycles. The maximum atomic E-state index is 4.84. The molecule has 1 fully saturated rings. The van der Waals surface area contributed by atoms with Crippen LogP contribution in [0.4, 0.5) is 0 Å². The molecule has 1 atom stereocenters. The van der Waals surface area contributed by atoms with Gasteiger partial charge in [0.1, 0.15) is 11.6 Å². The van der Waals surface area contributed by atoms with Crippen LogP contribution in [-0.2, 0) is 7.05 Å². The minimum atomic E-state index is 0.340. The summed E-state index contributed by atoms with van der Waals surface area (Å²) in [6, 6.07) is 2.38. The third-order valence-corrected chi connectivity index (χ3v) is 4.42. The molecular formula is C16H23N5. The van der Waals surface area contributed by atoms with Gasteiger partial charge in [0.15, 0.2) is 0 Å². The van der Waals surface area contributed by atoms with Crippen LogP contribution in [0.15, 0.2) is 12.3 Å². The monoisotopic (exact) mass is 285 g/mol. The van der Waals surface area contributed by atoms with E-state index in [0.29, 0.717) is 6.04 Å². The van der Waals surface area contributed by atoms with Gasteiger partial charge in [-0.3, -0.25) is 4.90 Å². The molecule has 2 aromatic rings.